The molecule has 0 aliphatic heterocycles. The molecule has 0 aromatic rings. The molecule has 4 heteroatoms. The summed E-state index contributed by atoms with van der Waals surface area (Å²) in [5, 5.41) is 3.49. The van der Waals surface area contributed by atoms with Crippen molar-refractivity contribution < 1.29 is 9.53 Å². The fourth-order valence-electron chi connectivity index (χ4n) is 3.24. The predicted octanol–water partition coefficient (Wildman–Crippen LogP) is 2.82. The molecule has 0 bridgehead atoms. The number of esters is 1. The molecule has 2 atom stereocenters. The van der Waals surface area contributed by atoms with Gasteiger partial charge in [-0.05, 0) is 66.0 Å². The van der Waals surface area contributed by atoms with E-state index < -0.39 is 5.54 Å². The summed E-state index contributed by atoms with van der Waals surface area (Å²) in [5.74, 6) is 0.649. The Morgan fingerprint density at radius 3 is 2.57 bits per heavy atom. The minimum absolute atomic E-state index is 0.0709. The third-order valence-electron chi connectivity index (χ3n) is 4.40. The van der Waals surface area contributed by atoms with E-state index in [1.165, 1.54) is 6.42 Å². The summed E-state index contributed by atoms with van der Waals surface area (Å²) >= 11 is 0. The number of carbonyl (C=O) groups is 1. The molecule has 0 saturated heterocycles. The molecule has 1 aliphatic rings. The maximum absolute atomic E-state index is 12.4. The lowest BCUT2D eigenvalue weighted by atomic mass is 9.96. The van der Waals surface area contributed by atoms with Crippen molar-refractivity contribution in [2.45, 2.75) is 77.9 Å². The highest BCUT2D eigenvalue weighted by atomic mass is 16.5. The second-order valence-electron chi connectivity index (χ2n) is 7.16. The first-order valence-corrected chi connectivity index (χ1v) is 8.46. The molecular weight excluding hydrogens is 264 g/mol. The van der Waals surface area contributed by atoms with Crippen molar-refractivity contribution >= 4 is 5.97 Å². The first-order valence-electron chi connectivity index (χ1n) is 8.46. The van der Waals surface area contributed by atoms with Crippen LogP contribution >= 0.6 is 0 Å². The zero-order valence-electron chi connectivity index (χ0n) is 14.7. The molecule has 1 fully saturated rings. The summed E-state index contributed by atoms with van der Waals surface area (Å²) in [7, 11) is 2.18. The Bertz CT molecular complexity index is 331. The molecule has 0 radical (unpaired) electrons. The van der Waals surface area contributed by atoms with E-state index in [2.05, 4.69) is 45.0 Å². The zero-order chi connectivity index (χ0) is 16.0. The van der Waals surface area contributed by atoms with Crippen molar-refractivity contribution in [2.24, 2.45) is 5.92 Å². The van der Waals surface area contributed by atoms with Gasteiger partial charge in [-0.15, -0.1) is 0 Å². The Kier molecular flexibility index (Phi) is 7.14. The third-order valence-corrected chi connectivity index (χ3v) is 4.40. The van der Waals surface area contributed by atoms with Gasteiger partial charge in [-0.2, -0.15) is 0 Å². The van der Waals surface area contributed by atoms with Crippen LogP contribution in [0.3, 0.4) is 0 Å². The summed E-state index contributed by atoms with van der Waals surface area (Å²) in [4.78, 5) is 14.9. The summed E-state index contributed by atoms with van der Waals surface area (Å²) in [5.41, 5.74) is -0.485. The van der Waals surface area contributed by atoms with Gasteiger partial charge in [-0.1, -0.05) is 13.8 Å². The normalized spacial score (nSPS) is 26.0. The van der Waals surface area contributed by atoms with Crippen molar-refractivity contribution in [3.63, 3.8) is 0 Å². The Balaban J connectivity index is 2.69. The van der Waals surface area contributed by atoms with Gasteiger partial charge in [-0.25, -0.2) is 0 Å². The molecule has 1 aliphatic carbocycles. The van der Waals surface area contributed by atoms with Crippen LogP contribution in [-0.2, 0) is 9.53 Å². The van der Waals surface area contributed by atoms with Gasteiger partial charge >= 0.3 is 5.97 Å². The van der Waals surface area contributed by atoms with Crippen LogP contribution in [0, 0.1) is 5.92 Å². The molecule has 1 N–H and O–H groups in total. The van der Waals surface area contributed by atoms with E-state index in [1.54, 1.807) is 0 Å². The fraction of sp³-hybridized carbons (Fsp3) is 0.941. The number of hydrogen-bond donors (Lipinski definition) is 1. The Hall–Kier alpha value is -0.610. The Morgan fingerprint density at radius 2 is 2.05 bits per heavy atom. The Morgan fingerprint density at radius 1 is 1.38 bits per heavy atom. The molecule has 1 rings (SSSR count). The number of hydrogen-bond acceptors (Lipinski definition) is 4. The van der Waals surface area contributed by atoms with E-state index in [-0.39, 0.29) is 12.0 Å². The number of rotatable bonds is 8. The largest absolute Gasteiger partial charge is 0.465 e. The van der Waals surface area contributed by atoms with Gasteiger partial charge in [0.15, 0.2) is 0 Å². The van der Waals surface area contributed by atoms with E-state index in [1.807, 2.05) is 6.92 Å². The lowest BCUT2D eigenvalue weighted by Gasteiger charge is -2.32. The summed E-state index contributed by atoms with van der Waals surface area (Å²) in [6.45, 7) is 12.1. The van der Waals surface area contributed by atoms with Crippen molar-refractivity contribution in [1.29, 1.82) is 0 Å². The molecule has 4 nitrogen and oxygen atoms in total. The van der Waals surface area contributed by atoms with E-state index >= 15 is 0 Å². The van der Waals surface area contributed by atoms with Crippen LogP contribution in [0.15, 0.2) is 0 Å². The van der Waals surface area contributed by atoms with Crippen molar-refractivity contribution in [3.8, 4) is 0 Å². The SMILES string of the molecule is CCOC(=O)C1(NC(C)C)CCC(N(C)CCC(C)C)C1. The lowest BCUT2D eigenvalue weighted by Crippen LogP contribution is -2.54. The van der Waals surface area contributed by atoms with Crippen LogP contribution in [0.25, 0.3) is 0 Å². The number of carbonyl (C=O) groups excluding carboxylic acids is 1. The van der Waals surface area contributed by atoms with Crippen LogP contribution in [0.4, 0.5) is 0 Å². The topological polar surface area (TPSA) is 41.6 Å². The van der Waals surface area contributed by atoms with Gasteiger partial charge in [-0.3, -0.25) is 10.1 Å². The molecule has 0 aromatic carbocycles. The highest BCUT2D eigenvalue weighted by molar-refractivity contribution is 5.81. The van der Waals surface area contributed by atoms with Crippen molar-refractivity contribution in [3.05, 3.63) is 0 Å². The minimum atomic E-state index is -0.485. The number of nitrogens with zero attached hydrogens (tertiary/aromatic N) is 1. The molecule has 0 spiro atoms. The molecule has 21 heavy (non-hydrogen) atoms. The lowest BCUT2D eigenvalue weighted by molar-refractivity contribution is -0.151. The van der Waals surface area contributed by atoms with Crippen LogP contribution in [-0.4, -0.2) is 48.7 Å². The highest BCUT2D eigenvalue weighted by Crippen LogP contribution is 2.34. The maximum Gasteiger partial charge on any atom is 0.326 e. The van der Waals surface area contributed by atoms with E-state index in [0.29, 0.717) is 12.6 Å². The van der Waals surface area contributed by atoms with Crippen molar-refractivity contribution in [2.75, 3.05) is 20.2 Å². The van der Waals surface area contributed by atoms with Gasteiger partial charge in [0.05, 0.1) is 6.61 Å². The van der Waals surface area contributed by atoms with Gasteiger partial charge in [0.1, 0.15) is 5.54 Å². The van der Waals surface area contributed by atoms with Gasteiger partial charge in [0.2, 0.25) is 0 Å². The van der Waals surface area contributed by atoms with Crippen molar-refractivity contribution in [1.82, 2.24) is 10.2 Å². The summed E-state index contributed by atoms with van der Waals surface area (Å²) in [6.07, 6.45) is 4.00. The van der Waals surface area contributed by atoms with Crippen LogP contribution in [0.5, 0.6) is 0 Å². The third kappa shape index (κ3) is 5.26. The van der Waals surface area contributed by atoms with Crippen LogP contribution in [0.1, 0.15) is 60.3 Å². The fourth-order valence-corrected chi connectivity index (χ4v) is 3.24. The van der Waals surface area contributed by atoms with Crippen LogP contribution < -0.4 is 5.32 Å². The van der Waals surface area contributed by atoms with E-state index in [0.717, 1.165) is 31.7 Å². The molecular formula is C17H34N2O2. The minimum Gasteiger partial charge on any atom is -0.465 e. The maximum atomic E-state index is 12.4. The average Bonchev–Trinajstić information content (AvgIpc) is 2.81. The number of nitrogens with one attached hydrogen (secondary N) is 1. The standard InChI is InChI=1S/C17H34N2O2/c1-7-21-16(20)17(18-14(4)5)10-8-15(12-17)19(6)11-9-13(2)3/h13-15,18H,7-12H2,1-6H3. The van der Waals surface area contributed by atoms with E-state index in [9.17, 15) is 4.79 Å². The summed E-state index contributed by atoms with van der Waals surface area (Å²) < 4.78 is 5.34. The number of ether oxygens (including phenoxy) is 1. The predicted molar refractivity (Wildman–Crippen MR) is 87.4 cm³/mol. The monoisotopic (exact) mass is 298 g/mol. The first-order chi connectivity index (χ1) is 9.80. The zero-order valence-corrected chi connectivity index (χ0v) is 14.7. The average molecular weight is 298 g/mol. The smallest absolute Gasteiger partial charge is 0.326 e. The Labute approximate surface area is 130 Å². The summed E-state index contributed by atoms with van der Waals surface area (Å²) in [6, 6.07) is 0.758. The molecule has 0 heterocycles. The highest BCUT2D eigenvalue weighted by Gasteiger charge is 2.47. The van der Waals surface area contributed by atoms with E-state index in [4.69, 9.17) is 4.74 Å². The molecule has 0 amide bonds. The first kappa shape index (κ1) is 18.4. The molecule has 124 valence electrons. The second-order valence-corrected chi connectivity index (χ2v) is 7.16. The van der Waals surface area contributed by atoms with Gasteiger partial charge < -0.3 is 9.64 Å². The van der Waals surface area contributed by atoms with Gasteiger partial charge in [0, 0.05) is 12.1 Å². The molecule has 0 aromatic heterocycles. The van der Waals surface area contributed by atoms with Crippen LogP contribution in [0.2, 0.25) is 0 Å². The van der Waals surface area contributed by atoms with Gasteiger partial charge in [0.25, 0.3) is 0 Å². The second kappa shape index (κ2) is 8.14. The molecule has 2 unspecified atom stereocenters. The molecule has 1 saturated carbocycles. The quantitative estimate of drug-likeness (QED) is 0.700.